The number of allylic oxidation sites excluding steroid dienone is 3. The SMILES string of the molecule is COC(OC)C12CC(C)(C)C(=N1)/C=c1\[nH]/c(cc1-c1ccc(C)cc1)=C\C1=NC(=C\C3=NC2=CC3Cc2ccc(C)cc2)/C(C)(C)C1. The van der Waals surface area contributed by atoms with Crippen LogP contribution in [0.15, 0.2) is 93.1 Å². The molecule has 0 fully saturated rings. The van der Waals surface area contributed by atoms with Crippen LogP contribution in [-0.4, -0.2) is 48.2 Å². The average molecular weight is 627 g/mol. The van der Waals surface area contributed by atoms with Crippen molar-refractivity contribution < 1.29 is 9.47 Å². The fraction of sp³-hybridized carbons (Fsp3) is 0.390. The zero-order chi connectivity index (χ0) is 33.1. The molecule has 0 aliphatic carbocycles. The van der Waals surface area contributed by atoms with E-state index in [2.05, 4.69) is 125 Å². The van der Waals surface area contributed by atoms with E-state index in [0.717, 1.165) is 63.2 Å². The fourth-order valence-corrected chi connectivity index (χ4v) is 7.66. The second kappa shape index (κ2) is 11.5. The molecule has 2 unspecified atom stereocenters. The van der Waals surface area contributed by atoms with Crippen molar-refractivity contribution in [1.29, 1.82) is 0 Å². The molecule has 4 aliphatic rings. The number of aryl methyl sites for hydroxylation is 2. The number of rotatable bonds is 6. The number of fused-ring (bicyclic) bond motifs is 6. The van der Waals surface area contributed by atoms with E-state index < -0.39 is 11.8 Å². The van der Waals surface area contributed by atoms with E-state index in [0.29, 0.717) is 6.42 Å². The van der Waals surface area contributed by atoms with Gasteiger partial charge in [0, 0.05) is 76.5 Å². The van der Waals surface area contributed by atoms with Gasteiger partial charge in [-0.1, -0.05) is 93.4 Å². The molecule has 47 heavy (non-hydrogen) atoms. The highest BCUT2D eigenvalue weighted by molar-refractivity contribution is 6.16. The molecule has 242 valence electrons. The lowest BCUT2D eigenvalue weighted by atomic mass is 9.77. The number of ether oxygens (including phenoxy) is 2. The first-order chi connectivity index (χ1) is 22.4. The van der Waals surface area contributed by atoms with Gasteiger partial charge in [0.1, 0.15) is 0 Å². The van der Waals surface area contributed by atoms with Crippen LogP contribution in [0.25, 0.3) is 23.3 Å². The molecule has 8 bridgehead atoms. The molecule has 3 aromatic rings. The molecule has 0 spiro atoms. The van der Waals surface area contributed by atoms with Crippen LogP contribution in [0.1, 0.15) is 57.2 Å². The summed E-state index contributed by atoms with van der Waals surface area (Å²) < 4.78 is 12.1. The Labute approximate surface area is 278 Å². The highest BCUT2D eigenvalue weighted by atomic mass is 16.7. The molecular formula is C41H46N4O2. The Kier molecular flexibility index (Phi) is 7.72. The van der Waals surface area contributed by atoms with Crippen LogP contribution in [0, 0.1) is 30.6 Å². The van der Waals surface area contributed by atoms with Crippen LogP contribution < -0.4 is 10.7 Å². The second-order valence-electron chi connectivity index (χ2n) is 15.1. The van der Waals surface area contributed by atoms with Gasteiger partial charge in [-0.15, -0.1) is 0 Å². The quantitative estimate of drug-likeness (QED) is 0.298. The van der Waals surface area contributed by atoms with Crippen molar-refractivity contribution in [1.82, 2.24) is 4.98 Å². The number of aromatic amines is 1. The van der Waals surface area contributed by atoms with Gasteiger partial charge in [-0.3, -0.25) is 15.0 Å². The predicted molar refractivity (Wildman–Crippen MR) is 193 cm³/mol. The number of nitrogens with zero attached hydrogens (tertiary/aromatic N) is 3. The molecule has 5 heterocycles. The summed E-state index contributed by atoms with van der Waals surface area (Å²) in [5.41, 5.74) is 9.87. The average Bonchev–Trinajstić information content (AvgIpc) is 3.74. The largest absolute Gasteiger partial charge is 0.355 e. The van der Waals surface area contributed by atoms with Gasteiger partial charge in [0.25, 0.3) is 0 Å². The topological polar surface area (TPSA) is 71.3 Å². The van der Waals surface area contributed by atoms with E-state index in [4.69, 9.17) is 24.5 Å². The third-order valence-electron chi connectivity index (χ3n) is 10.3. The summed E-state index contributed by atoms with van der Waals surface area (Å²) >= 11 is 0. The van der Waals surface area contributed by atoms with E-state index in [-0.39, 0.29) is 16.7 Å². The smallest absolute Gasteiger partial charge is 0.187 e. The molecule has 4 aliphatic heterocycles. The third-order valence-corrected chi connectivity index (χ3v) is 10.3. The first-order valence-corrected chi connectivity index (χ1v) is 16.7. The van der Waals surface area contributed by atoms with Gasteiger partial charge in [-0.25, -0.2) is 0 Å². The Hall–Kier alpha value is -4.13. The minimum Gasteiger partial charge on any atom is -0.355 e. The number of aliphatic imine (C=N–C) groups is 3. The van der Waals surface area contributed by atoms with Crippen molar-refractivity contribution in [3.05, 3.63) is 106 Å². The van der Waals surface area contributed by atoms with E-state index in [9.17, 15) is 0 Å². The molecule has 0 saturated heterocycles. The predicted octanol–water partition coefficient (Wildman–Crippen LogP) is 7.05. The fourth-order valence-electron chi connectivity index (χ4n) is 7.66. The van der Waals surface area contributed by atoms with E-state index >= 15 is 0 Å². The maximum Gasteiger partial charge on any atom is 0.187 e. The summed E-state index contributed by atoms with van der Waals surface area (Å²) in [4.78, 5) is 20.0. The van der Waals surface area contributed by atoms with E-state index in [1.54, 1.807) is 14.2 Å². The number of aromatic nitrogens is 1. The molecule has 6 heteroatoms. The van der Waals surface area contributed by atoms with Crippen molar-refractivity contribution in [2.24, 2.45) is 31.7 Å². The molecule has 2 atom stereocenters. The van der Waals surface area contributed by atoms with Crippen LogP contribution in [0.2, 0.25) is 0 Å². The maximum atomic E-state index is 6.07. The Morgan fingerprint density at radius 1 is 0.830 bits per heavy atom. The van der Waals surface area contributed by atoms with Crippen molar-refractivity contribution in [2.75, 3.05) is 14.2 Å². The number of nitrogens with one attached hydrogen (secondary N) is 1. The molecule has 0 radical (unpaired) electrons. The number of hydrogen-bond acceptors (Lipinski definition) is 5. The molecule has 6 nitrogen and oxygen atoms in total. The molecule has 2 aromatic carbocycles. The number of methoxy groups -OCH3 is 2. The lowest BCUT2D eigenvalue weighted by Crippen LogP contribution is -2.44. The number of benzene rings is 2. The summed E-state index contributed by atoms with van der Waals surface area (Å²) in [6.07, 6.45) is 10.8. The third kappa shape index (κ3) is 5.72. The van der Waals surface area contributed by atoms with Crippen LogP contribution in [0.5, 0.6) is 0 Å². The van der Waals surface area contributed by atoms with Crippen LogP contribution in [0.4, 0.5) is 0 Å². The second-order valence-corrected chi connectivity index (χ2v) is 15.1. The lowest BCUT2D eigenvalue weighted by Gasteiger charge is -2.34. The monoisotopic (exact) mass is 626 g/mol. The van der Waals surface area contributed by atoms with Crippen molar-refractivity contribution in [3.8, 4) is 11.1 Å². The summed E-state index contributed by atoms with van der Waals surface area (Å²) in [7, 11) is 3.41. The Morgan fingerprint density at radius 2 is 1.51 bits per heavy atom. The molecule has 1 N–H and O–H groups in total. The molecule has 1 aromatic heterocycles. The number of H-pyrrole nitrogens is 1. The zero-order valence-electron chi connectivity index (χ0n) is 28.9. The highest BCUT2D eigenvalue weighted by Crippen LogP contribution is 2.49. The summed E-state index contributed by atoms with van der Waals surface area (Å²) in [5, 5.41) is 2.06. The summed E-state index contributed by atoms with van der Waals surface area (Å²) in [5.74, 6) is 0.0705. The molecule has 0 amide bonds. The Morgan fingerprint density at radius 3 is 2.19 bits per heavy atom. The van der Waals surface area contributed by atoms with Crippen molar-refractivity contribution in [2.45, 2.75) is 72.6 Å². The van der Waals surface area contributed by atoms with Gasteiger partial charge in [-0.05, 0) is 62.1 Å². The Balaban J connectivity index is 1.49. The van der Waals surface area contributed by atoms with Crippen LogP contribution in [-0.2, 0) is 15.9 Å². The van der Waals surface area contributed by atoms with Crippen molar-refractivity contribution in [3.63, 3.8) is 0 Å². The van der Waals surface area contributed by atoms with Gasteiger partial charge in [-0.2, -0.15) is 0 Å². The maximum absolute atomic E-state index is 6.07. The highest BCUT2D eigenvalue weighted by Gasteiger charge is 2.54. The van der Waals surface area contributed by atoms with Crippen molar-refractivity contribution >= 4 is 29.3 Å². The molecular weight excluding hydrogens is 580 g/mol. The minimum atomic E-state index is -0.823. The van der Waals surface area contributed by atoms with Gasteiger partial charge in [0.2, 0.25) is 0 Å². The van der Waals surface area contributed by atoms with Gasteiger partial charge in [0.15, 0.2) is 11.8 Å². The first-order valence-electron chi connectivity index (χ1n) is 16.7. The standard InChI is InChI=1S/C41H46N4O2/c1-25-9-13-27(14-10-25)17-29-18-37-41(38(46-7)47-8)24-40(5,6)36(45-41)22-34-32(28-15-11-26(2)12-16-28)20-30(42-34)19-31-23-39(3,4)35(43-31)21-33(29)44-37/h9-16,18-22,29,38,42H,17,23-24H2,1-8H3/b30-19-,34-22-,35-21-. The first kappa shape index (κ1) is 31.5. The van der Waals surface area contributed by atoms with Crippen LogP contribution in [0.3, 0.4) is 0 Å². The van der Waals surface area contributed by atoms with Gasteiger partial charge < -0.3 is 14.5 Å². The summed E-state index contributed by atoms with van der Waals surface area (Å²) in [6.45, 7) is 13.3. The lowest BCUT2D eigenvalue weighted by molar-refractivity contribution is -0.139. The van der Waals surface area contributed by atoms with Crippen LogP contribution >= 0.6 is 0 Å². The zero-order valence-corrected chi connectivity index (χ0v) is 28.9. The minimum absolute atomic E-state index is 0.0705. The van der Waals surface area contributed by atoms with E-state index in [1.165, 1.54) is 16.7 Å². The normalized spacial score (nSPS) is 26.5. The van der Waals surface area contributed by atoms with E-state index in [1.807, 2.05) is 0 Å². The molecule has 0 saturated carbocycles. The Bertz CT molecular complexity index is 2000. The number of hydrogen-bond donors (Lipinski definition) is 1. The van der Waals surface area contributed by atoms with Gasteiger partial charge >= 0.3 is 0 Å². The molecule has 7 rings (SSSR count). The summed E-state index contributed by atoms with van der Waals surface area (Å²) in [6, 6.07) is 19.8. The van der Waals surface area contributed by atoms with Gasteiger partial charge in [0.05, 0.1) is 5.70 Å².